The number of carbonyl (C=O) groups excluding carboxylic acids is 3. The molecule has 4 unspecified atom stereocenters. The van der Waals surface area contributed by atoms with Crippen LogP contribution in [0.5, 0.6) is 23.0 Å². The molecule has 4 N–H and O–H groups in total. The van der Waals surface area contributed by atoms with E-state index in [1.165, 1.54) is 25.8 Å². The molecule has 0 saturated heterocycles. The first-order valence-corrected chi connectivity index (χ1v) is 44.9. The summed E-state index contributed by atoms with van der Waals surface area (Å²) in [6.07, 6.45) is 3.34. The van der Waals surface area contributed by atoms with E-state index in [-0.39, 0.29) is 29.5 Å². The summed E-state index contributed by atoms with van der Waals surface area (Å²) in [7, 11) is 2.62. The van der Waals surface area contributed by atoms with E-state index in [1.54, 1.807) is 59.4 Å². The summed E-state index contributed by atoms with van der Waals surface area (Å²) >= 11 is 32.2. The van der Waals surface area contributed by atoms with Crippen molar-refractivity contribution in [3.8, 4) is 56.8 Å². The van der Waals surface area contributed by atoms with E-state index in [4.69, 9.17) is 130 Å². The first kappa shape index (κ1) is 105. The van der Waals surface area contributed by atoms with Crippen LogP contribution in [0.3, 0.4) is 0 Å². The molecule has 0 fully saturated rings. The molecule has 0 amide bonds. The van der Waals surface area contributed by atoms with Crippen molar-refractivity contribution >= 4 is 117 Å². The summed E-state index contributed by atoms with van der Waals surface area (Å²) in [6.45, 7) is 39.7. The van der Waals surface area contributed by atoms with Gasteiger partial charge in [0, 0.05) is 56.2 Å². The second kappa shape index (κ2) is 43.1. The van der Waals surface area contributed by atoms with Gasteiger partial charge in [-0.15, -0.1) is 0 Å². The molecule has 0 spiro atoms. The number of benzene rings is 4. The predicted octanol–water partition coefficient (Wildman–Crippen LogP) is 15.2. The van der Waals surface area contributed by atoms with Gasteiger partial charge in [-0.1, -0.05) is 70.1 Å². The number of hydrogen-bond donors (Lipinski definition) is 3. The number of aryl methyl sites for hydroxylation is 12. The number of halogens is 5. The van der Waals surface area contributed by atoms with Crippen molar-refractivity contribution in [1.29, 1.82) is 0 Å². The second-order valence-corrected chi connectivity index (χ2v) is 38.1. The van der Waals surface area contributed by atoms with Gasteiger partial charge in [0.25, 0.3) is 0 Å². The molecular formula is C95H113BCl5LiN12O19. The molecule has 4 atom stereocenters. The molecule has 0 radical (unpaired) electrons. The van der Waals surface area contributed by atoms with Gasteiger partial charge in [0.15, 0.2) is 47.0 Å². The van der Waals surface area contributed by atoms with E-state index in [2.05, 4.69) is 42.5 Å². The Morgan fingerprint density at radius 2 is 0.624 bits per heavy atom. The van der Waals surface area contributed by atoms with Crippen LogP contribution in [0.2, 0.25) is 25.2 Å². The molecule has 706 valence electrons. The molecule has 16 rings (SSSR count). The number of esters is 3. The quantitative estimate of drug-likeness (QED) is 0.0350. The average molecular weight is 1920 g/mol. The van der Waals surface area contributed by atoms with Crippen molar-refractivity contribution in [2.45, 2.75) is 237 Å². The average Bonchev–Trinajstić information content (AvgIpc) is 1.67. The van der Waals surface area contributed by atoms with Gasteiger partial charge in [-0.25, -0.2) is 57.2 Å². The summed E-state index contributed by atoms with van der Waals surface area (Å²) in [5.74, 6) is 0.855. The first-order chi connectivity index (χ1) is 61.6. The number of carbonyl (C=O) groups is 4. The zero-order chi connectivity index (χ0) is 95.7. The molecule has 8 aromatic heterocycles. The number of hydrogen-bond acceptors (Lipinski definition) is 26. The van der Waals surface area contributed by atoms with Crippen LogP contribution < -0.4 is 43.3 Å². The van der Waals surface area contributed by atoms with E-state index in [9.17, 15) is 24.3 Å². The third-order valence-corrected chi connectivity index (χ3v) is 23.6. The number of fused-ring (bicyclic) bond motifs is 8. The molecule has 0 aliphatic carbocycles. The third kappa shape index (κ3) is 23.9. The summed E-state index contributed by atoms with van der Waals surface area (Å²) in [6, 6.07) is 23.2. The zero-order valence-electron chi connectivity index (χ0n) is 79.5. The number of carboxylic acid groups (broad SMARTS) is 1. The normalized spacial score (nSPS) is 14.3. The summed E-state index contributed by atoms with van der Waals surface area (Å²) in [5.41, 5.74) is 16.0. The van der Waals surface area contributed by atoms with Crippen molar-refractivity contribution in [3.63, 3.8) is 0 Å². The molecule has 31 nitrogen and oxygen atoms in total. The van der Waals surface area contributed by atoms with Crippen LogP contribution in [-0.4, -0.2) is 180 Å². The number of ether oxygens (including phenoxy) is 11. The molecule has 0 saturated carbocycles. The topological polar surface area (TPSA) is 381 Å². The number of aromatic nitrogens is 12. The molecule has 12 aromatic rings. The molecule has 4 aliphatic heterocycles. The largest absolute Gasteiger partial charge is 1.00 e. The van der Waals surface area contributed by atoms with Gasteiger partial charge in [-0.2, -0.15) is 20.4 Å². The fraction of sp³-hybridized carbons (Fsp3) is 0.453. The van der Waals surface area contributed by atoms with E-state index in [0.29, 0.717) is 153 Å². The Morgan fingerprint density at radius 1 is 0.376 bits per heavy atom. The van der Waals surface area contributed by atoms with E-state index >= 15 is 0 Å². The van der Waals surface area contributed by atoms with Gasteiger partial charge in [-0.3, -0.25) is 0 Å². The fourth-order valence-electron chi connectivity index (χ4n) is 15.8. The van der Waals surface area contributed by atoms with Gasteiger partial charge in [0.1, 0.15) is 48.2 Å². The maximum absolute atomic E-state index is 12.9. The molecule has 4 aromatic carbocycles. The van der Waals surface area contributed by atoms with Crippen molar-refractivity contribution in [1.82, 2.24) is 58.4 Å². The molecule has 133 heavy (non-hydrogen) atoms. The Balaban J connectivity index is 0.000000176. The summed E-state index contributed by atoms with van der Waals surface area (Å²) < 4.78 is 68.5. The van der Waals surface area contributed by atoms with Crippen molar-refractivity contribution in [3.05, 3.63) is 188 Å². The van der Waals surface area contributed by atoms with Gasteiger partial charge in [0.05, 0.1) is 116 Å². The van der Waals surface area contributed by atoms with Crippen LogP contribution in [-0.2, 0) is 78.0 Å². The third-order valence-electron chi connectivity index (χ3n) is 21.5. The SMILES string of the molecule is COC(=O)C(OC(C)(C)C)c1c(C)nc2c(Cl)c(C)nn2c1-c1ccc2c(c1)CCCO2.COC(=O)C(OC(C)(C)C)c1c(C)nc2c(Cl)c(C)nn2c1-c1ccc2c(c1)CCCO2.COC(=O)C(OC(C)(C)C)c1c(C)nc2c(Cl)c(C)nn2c1Cl.Cc1nc2c(Cl)c(C)nn2c(-c2ccc3c(c2)CCCO3)c1C(OC(C)(C)C)C(=O)O.OB(O)c1ccc2c(c1)CCCO2.[Li+].[OH-]. The Bertz CT molecular complexity index is 6170. The minimum atomic E-state index is -1.38. The minimum absolute atomic E-state index is 0. The Morgan fingerprint density at radius 3 is 0.902 bits per heavy atom. The summed E-state index contributed by atoms with van der Waals surface area (Å²) in [5, 5.41) is 48.2. The zero-order valence-corrected chi connectivity index (χ0v) is 83.2. The predicted molar refractivity (Wildman–Crippen MR) is 503 cm³/mol. The molecule has 0 bridgehead atoms. The smallest absolute Gasteiger partial charge is 0.870 e. The van der Waals surface area contributed by atoms with Crippen LogP contribution in [0.4, 0.5) is 0 Å². The fourth-order valence-corrected chi connectivity index (χ4v) is 16.7. The second-order valence-electron chi connectivity index (χ2n) is 36.2. The van der Waals surface area contributed by atoms with Crippen LogP contribution in [0.15, 0.2) is 72.8 Å². The Labute approximate surface area is 810 Å². The first-order valence-electron chi connectivity index (χ1n) is 43.1. The Kier molecular flexibility index (Phi) is 34.1. The van der Waals surface area contributed by atoms with E-state index in [0.717, 1.165) is 120 Å². The number of nitrogens with zero attached hydrogens (tertiary/aromatic N) is 12. The Hall–Kier alpha value is -9.73. The maximum Gasteiger partial charge on any atom is 1.00 e. The molecule has 12 heterocycles. The van der Waals surface area contributed by atoms with Gasteiger partial charge in [-0.05, 0) is 278 Å². The number of methoxy groups -OCH3 is 3. The van der Waals surface area contributed by atoms with Crippen LogP contribution >= 0.6 is 58.0 Å². The maximum atomic E-state index is 12.9. The van der Waals surface area contributed by atoms with Crippen molar-refractivity contribution < 1.29 is 111 Å². The van der Waals surface area contributed by atoms with E-state index in [1.807, 2.05) is 153 Å². The van der Waals surface area contributed by atoms with Crippen molar-refractivity contribution in [2.24, 2.45) is 0 Å². The van der Waals surface area contributed by atoms with Gasteiger partial charge < -0.3 is 72.7 Å². The summed E-state index contributed by atoms with van der Waals surface area (Å²) in [4.78, 5) is 68.8. The number of rotatable bonds is 16. The molecule has 4 aliphatic rings. The van der Waals surface area contributed by atoms with Crippen LogP contribution in [0.25, 0.3) is 56.4 Å². The van der Waals surface area contributed by atoms with Crippen LogP contribution in [0.1, 0.15) is 223 Å². The minimum Gasteiger partial charge on any atom is -0.870 e. The number of aliphatic carboxylic acids is 1. The monoisotopic (exact) mass is 1920 g/mol. The van der Waals surface area contributed by atoms with Crippen LogP contribution in [0, 0.1) is 55.4 Å². The number of carboxylic acids is 1. The van der Waals surface area contributed by atoms with Crippen molar-refractivity contribution in [2.75, 3.05) is 47.8 Å². The standard InChI is InChI=1S/2C24H28ClN3O4.C23H26ClN3O4.C15H19Cl2N3O3.C9H11BO3.Li.H2O/c2*1-13-18(21(23(29)30-6)32-24(3,4)5)20(28-22(26-13)19(25)14(2)27-28)16-9-10-17-15(12-16)8-7-11-31-17;1-12-17(20(22(28)29)31-23(3,4)5)19(27-21(25-12)18(24)13(2)26-27)15-8-9-16-14(11-15)7-6-10-30-16;1-7-9(11(14(21)22-6)23-15(3,4)5)12(17)20-13(18-7)10(16)8(2)19-20;11-10(12)8-3-4-9-7(6-8)2-1-5-13-9;;/h2*9-10,12,21H,7-8,11H2,1-6H3;8-9,11,20H,6-7,10H2,1-5H3,(H,28,29);11H,1-6H3;3-4,6,11-12H,1-2,5H2;;1H2/q;;;;;+1;/p-1. The van der Waals surface area contributed by atoms with E-state index < -0.39 is 77.8 Å². The van der Waals surface area contributed by atoms with Gasteiger partial charge in [0.2, 0.25) is 0 Å². The van der Waals surface area contributed by atoms with Gasteiger partial charge >= 0.3 is 49.9 Å². The molecule has 38 heteroatoms. The molecular weight excluding hydrogens is 1810 g/mol.